The third kappa shape index (κ3) is 8.62. The van der Waals surface area contributed by atoms with Crippen molar-refractivity contribution in [2.75, 3.05) is 26.2 Å². The summed E-state index contributed by atoms with van der Waals surface area (Å²) in [4.78, 5) is 23.8. The Kier molecular flexibility index (Phi) is 9.74. The maximum Gasteiger partial charge on any atom is 0.258 e. The number of hydrogen-bond acceptors (Lipinski definition) is 4. The van der Waals surface area contributed by atoms with Gasteiger partial charge in [0.05, 0.1) is 0 Å². The molecule has 1 aromatic carbocycles. The van der Waals surface area contributed by atoms with Crippen molar-refractivity contribution >= 4 is 24.2 Å². The second kappa shape index (κ2) is 12.0. The fourth-order valence-electron chi connectivity index (χ4n) is 3.69. The number of benzene rings is 1. The number of carbonyl (C=O) groups excluding carboxylic acids is 2. The van der Waals surface area contributed by atoms with Crippen molar-refractivity contribution in [2.45, 2.75) is 51.5 Å². The largest absolute Gasteiger partial charge is 0.484 e. The molecule has 162 valence electrons. The summed E-state index contributed by atoms with van der Waals surface area (Å²) < 4.78 is 5.51. The predicted octanol–water partition coefficient (Wildman–Crippen LogP) is 2.45. The van der Waals surface area contributed by atoms with Gasteiger partial charge >= 0.3 is 0 Å². The van der Waals surface area contributed by atoms with Gasteiger partial charge in [0.1, 0.15) is 5.75 Å². The molecule has 0 radical (unpaired) electrons. The van der Waals surface area contributed by atoms with E-state index in [0.29, 0.717) is 36.6 Å². The van der Waals surface area contributed by atoms with Gasteiger partial charge in [-0.05, 0) is 74.7 Å². The third-order valence-electron chi connectivity index (χ3n) is 5.67. The number of piperidine rings is 1. The van der Waals surface area contributed by atoms with Gasteiger partial charge in [-0.2, -0.15) is 0 Å². The third-order valence-corrected chi connectivity index (χ3v) is 5.67. The molecule has 1 saturated carbocycles. The molecule has 1 aromatic rings. The Balaban J connectivity index is 0.00000300. The van der Waals surface area contributed by atoms with Gasteiger partial charge in [-0.1, -0.05) is 19.1 Å². The molecule has 1 heterocycles. The van der Waals surface area contributed by atoms with E-state index >= 15 is 0 Å². The second-order valence-electron chi connectivity index (χ2n) is 8.14. The van der Waals surface area contributed by atoms with Crippen molar-refractivity contribution in [2.24, 2.45) is 11.8 Å². The lowest BCUT2D eigenvalue weighted by atomic mass is 9.84. The first kappa shape index (κ1) is 23.5. The molecule has 7 heteroatoms. The number of amides is 2. The van der Waals surface area contributed by atoms with E-state index in [0.717, 1.165) is 37.9 Å². The van der Waals surface area contributed by atoms with Crippen molar-refractivity contribution in [1.82, 2.24) is 16.0 Å². The molecular formula is C22H34ClN3O3. The quantitative estimate of drug-likeness (QED) is 0.540. The van der Waals surface area contributed by atoms with Gasteiger partial charge in [0.25, 0.3) is 5.91 Å². The summed E-state index contributed by atoms with van der Waals surface area (Å²) in [7, 11) is 0. The van der Waals surface area contributed by atoms with Crippen LogP contribution in [0.15, 0.2) is 24.3 Å². The van der Waals surface area contributed by atoms with Crippen molar-refractivity contribution in [1.29, 1.82) is 0 Å². The van der Waals surface area contributed by atoms with E-state index in [1.807, 2.05) is 24.3 Å². The van der Waals surface area contributed by atoms with Crippen LogP contribution in [0, 0.1) is 11.8 Å². The van der Waals surface area contributed by atoms with E-state index in [2.05, 4.69) is 22.9 Å². The maximum atomic E-state index is 12.2. The second-order valence-corrected chi connectivity index (χ2v) is 8.14. The highest BCUT2D eigenvalue weighted by Crippen LogP contribution is 2.24. The lowest BCUT2D eigenvalue weighted by Crippen LogP contribution is -2.34. The van der Waals surface area contributed by atoms with Crippen LogP contribution in [0.4, 0.5) is 0 Å². The van der Waals surface area contributed by atoms with Crippen LogP contribution in [0.3, 0.4) is 0 Å². The van der Waals surface area contributed by atoms with Crippen LogP contribution >= 0.6 is 12.4 Å². The van der Waals surface area contributed by atoms with Crippen LogP contribution in [-0.4, -0.2) is 44.1 Å². The molecule has 1 aliphatic carbocycles. The standard InChI is InChI=1S/C22H33N3O3.ClH/c1-16(18-9-11-23-12-10-18)14-21(26)24-13-8-17-2-6-20(7-3-17)28-15-22(27)25-19-4-5-19;/h2-3,6-7,16,18-19,23H,4-5,8-15H2,1H3,(H,24,26)(H,25,27);1H. The Hall–Kier alpha value is -1.79. The molecule has 2 fully saturated rings. The molecule has 1 aliphatic heterocycles. The first-order valence-corrected chi connectivity index (χ1v) is 10.6. The van der Waals surface area contributed by atoms with Crippen LogP contribution in [0.5, 0.6) is 5.75 Å². The Morgan fingerprint density at radius 3 is 2.45 bits per heavy atom. The highest BCUT2D eigenvalue weighted by Gasteiger charge is 2.23. The lowest BCUT2D eigenvalue weighted by Gasteiger charge is -2.27. The molecule has 1 saturated heterocycles. The summed E-state index contributed by atoms with van der Waals surface area (Å²) in [5.41, 5.74) is 1.14. The highest BCUT2D eigenvalue weighted by molar-refractivity contribution is 5.85. The van der Waals surface area contributed by atoms with Gasteiger partial charge in [0.2, 0.25) is 5.91 Å². The smallest absolute Gasteiger partial charge is 0.258 e. The zero-order valence-corrected chi connectivity index (χ0v) is 18.1. The van der Waals surface area contributed by atoms with Crippen LogP contribution < -0.4 is 20.7 Å². The van der Waals surface area contributed by atoms with Crippen LogP contribution in [0.2, 0.25) is 0 Å². The van der Waals surface area contributed by atoms with Crippen molar-refractivity contribution in [3.05, 3.63) is 29.8 Å². The van der Waals surface area contributed by atoms with Crippen molar-refractivity contribution in [3.63, 3.8) is 0 Å². The fourth-order valence-corrected chi connectivity index (χ4v) is 3.69. The average Bonchev–Trinajstić information content (AvgIpc) is 3.52. The summed E-state index contributed by atoms with van der Waals surface area (Å²) in [6.07, 6.45) is 5.90. The van der Waals surface area contributed by atoms with Gasteiger partial charge in [0, 0.05) is 19.0 Å². The Bertz CT molecular complexity index is 643. The minimum Gasteiger partial charge on any atom is -0.484 e. The molecule has 0 spiro atoms. The van der Waals surface area contributed by atoms with E-state index < -0.39 is 0 Å². The number of halogens is 1. The first-order chi connectivity index (χ1) is 13.6. The fraction of sp³-hybridized carbons (Fsp3) is 0.636. The average molecular weight is 424 g/mol. The molecule has 6 nitrogen and oxygen atoms in total. The number of nitrogens with one attached hydrogen (secondary N) is 3. The van der Waals surface area contributed by atoms with Gasteiger partial charge in [-0.25, -0.2) is 0 Å². The van der Waals surface area contributed by atoms with Gasteiger partial charge in [-0.3, -0.25) is 9.59 Å². The summed E-state index contributed by atoms with van der Waals surface area (Å²) in [6.45, 7) is 5.03. The summed E-state index contributed by atoms with van der Waals surface area (Å²) in [5, 5.41) is 9.32. The maximum absolute atomic E-state index is 12.2. The van der Waals surface area contributed by atoms with E-state index in [9.17, 15) is 9.59 Å². The molecule has 0 aromatic heterocycles. The van der Waals surface area contributed by atoms with Crippen molar-refractivity contribution < 1.29 is 14.3 Å². The normalized spacial score (nSPS) is 17.7. The van der Waals surface area contributed by atoms with Crippen molar-refractivity contribution in [3.8, 4) is 5.75 Å². The highest BCUT2D eigenvalue weighted by atomic mass is 35.5. The van der Waals surface area contributed by atoms with E-state index in [4.69, 9.17) is 4.74 Å². The van der Waals surface area contributed by atoms with E-state index in [-0.39, 0.29) is 30.8 Å². The number of rotatable bonds is 10. The van der Waals surface area contributed by atoms with Crippen LogP contribution in [0.1, 0.15) is 44.6 Å². The zero-order chi connectivity index (χ0) is 19.8. The SMILES string of the molecule is CC(CC(=O)NCCc1ccc(OCC(=O)NC2CC2)cc1)C1CCNCC1.Cl. The zero-order valence-electron chi connectivity index (χ0n) is 17.2. The predicted molar refractivity (Wildman–Crippen MR) is 116 cm³/mol. The molecule has 2 aliphatic rings. The summed E-state index contributed by atoms with van der Waals surface area (Å²) in [6, 6.07) is 8.08. The number of ether oxygens (including phenoxy) is 1. The molecule has 1 unspecified atom stereocenters. The first-order valence-electron chi connectivity index (χ1n) is 10.6. The van der Waals surface area contributed by atoms with Crippen LogP contribution in [-0.2, 0) is 16.0 Å². The lowest BCUT2D eigenvalue weighted by molar-refractivity contribution is -0.123. The molecule has 3 rings (SSSR count). The minimum absolute atomic E-state index is 0. The molecule has 29 heavy (non-hydrogen) atoms. The Labute approximate surface area is 179 Å². The molecule has 3 N–H and O–H groups in total. The molecule has 0 bridgehead atoms. The Morgan fingerprint density at radius 1 is 1.10 bits per heavy atom. The molecule has 1 atom stereocenters. The topological polar surface area (TPSA) is 79.5 Å². The van der Waals surface area contributed by atoms with Gasteiger partial charge < -0.3 is 20.7 Å². The van der Waals surface area contributed by atoms with E-state index in [1.54, 1.807) is 0 Å². The molecular weight excluding hydrogens is 390 g/mol. The number of hydrogen-bond donors (Lipinski definition) is 3. The molecule has 2 amide bonds. The number of carbonyl (C=O) groups is 2. The monoisotopic (exact) mass is 423 g/mol. The van der Waals surface area contributed by atoms with E-state index in [1.165, 1.54) is 12.8 Å². The summed E-state index contributed by atoms with van der Waals surface area (Å²) in [5.74, 6) is 1.87. The minimum atomic E-state index is -0.0620. The Morgan fingerprint density at radius 2 is 1.79 bits per heavy atom. The summed E-state index contributed by atoms with van der Waals surface area (Å²) >= 11 is 0. The van der Waals surface area contributed by atoms with Gasteiger partial charge in [0.15, 0.2) is 6.61 Å². The van der Waals surface area contributed by atoms with Gasteiger partial charge in [-0.15, -0.1) is 12.4 Å². The van der Waals surface area contributed by atoms with Crippen LogP contribution in [0.25, 0.3) is 0 Å².